The van der Waals surface area contributed by atoms with Crippen molar-refractivity contribution in [3.63, 3.8) is 0 Å². The van der Waals surface area contributed by atoms with Gasteiger partial charge < -0.3 is 10.4 Å². The standard InChI is InChI=1S/C15H13FN2OS/c16-11-6-2-1-5-10(11)13(19)9-17-15-18-12-7-3-4-8-14(12)20-15/h1-8,13,19H,9H2,(H,17,18). The summed E-state index contributed by atoms with van der Waals surface area (Å²) in [4.78, 5) is 4.40. The molecular formula is C15H13FN2OS. The van der Waals surface area contributed by atoms with Gasteiger partial charge in [0.2, 0.25) is 0 Å². The van der Waals surface area contributed by atoms with E-state index in [1.807, 2.05) is 24.3 Å². The molecule has 3 aromatic rings. The van der Waals surface area contributed by atoms with E-state index in [-0.39, 0.29) is 6.54 Å². The number of rotatable bonds is 4. The molecule has 3 rings (SSSR count). The van der Waals surface area contributed by atoms with Crippen molar-refractivity contribution in [2.24, 2.45) is 0 Å². The van der Waals surface area contributed by atoms with Gasteiger partial charge in [-0.1, -0.05) is 41.7 Å². The Morgan fingerprint density at radius 2 is 1.90 bits per heavy atom. The van der Waals surface area contributed by atoms with Crippen LogP contribution in [0.15, 0.2) is 48.5 Å². The molecule has 0 aliphatic carbocycles. The molecule has 0 saturated heterocycles. The summed E-state index contributed by atoms with van der Waals surface area (Å²) in [6.45, 7) is 0.223. The first-order valence-electron chi connectivity index (χ1n) is 6.26. The lowest BCUT2D eigenvalue weighted by Gasteiger charge is -2.12. The van der Waals surface area contributed by atoms with Gasteiger partial charge in [-0.2, -0.15) is 0 Å². The van der Waals surface area contributed by atoms with E-state index in [9.17, 15) is 9.50 Å². The summed E-state index contributed by atoms with van der Waals surface area (Å²) in [5, 5.41) is 13.8. The average molecular weight is 288 g/mol. The fourth-order valence-corrected chi connectivity index (χ4v) is 2.86. The van der Waals surface area contributed by atoms with Gasteiger partial charge in [-0.3, -0.25) is 0 Å². The minimum Gasteiger partial charge on any atom is -0.386 e. The summed E-state index contributed by atoms with van der Waals surface area (Å²) in [6, 6.07) is 14.1. The lowest BCUT2D eigenvalue weighted by Crippen LogP contribution is -2.13. The summed E-state index contributed by atoms with van der Waals surface area (Å²) in [6.07, 6.45) is -0.900. The highest BCUT2D eigenvalue weighted by molar-refractivity contribution is 7.22. The zero-order chi connectivity index (χ0) is 13.9. The van der Waals surface area contributed by atoms with Gasteiger partial charge in [-0.05, 0) is 18.2 Å². The molecule has 0 saturated carbocycles. The third-order valence-corrected chi connectivity index (χ3v) is 4.00. The predicted octanol–water partition coefficient (Wildman–Crippen LogP) is 3.58. The van der Waals surface area contributed by atoms with Crippen LogP contribution in [0, 0.1) is 5.82 Å². The van der Waals surface area contributed by atoms with Crippen molar-refractivity contribution in [3.8, 4) is 0 Å². The minimum absolute atomic E-state index is 0.223. The second kappa shape index (κ2) is 5.56. The third-order valence-electron chi connectivity index (χ3n) is 3.00. The van der Waals surface area contributed by atoms with E-state index in [4.69, 9.17) is 0 Å². The zero-order valence-electron chi connectivity index (χ0n) is 10.6. The van der Waals surface area contributed by atoms with Crippen LogP contribution in [0.4, 0.5) is 9.52 Å². The SMILES string of the molecule is OC(CNc1nc2ccccc2s1)c1ccccc1F. The Bertz CT molecular complexity index is 695. The predicted molar refractivity (Wildman–Crippen MR) is 79.5 cm³/mol. The van der Waals surface area contributed by atoms with Crippen LogP contribution < -0.4 is 5.32 Å². The molecule has 2 aromatic carbocycles. The maximum atomic E-state index is 13.5. The van der Waals surface area contributed by atoms with Crippen molar-refractivity contribution < 1.29 is 9.50 Å². The molecule has 0 fully saturated rings. The number of thiazole rings is 1. The Hall–Kier alpha value is -1.98. The number of hydrogen-bond donors (Lipinski definition) is 2. The van der Waals surface area contributed by atoms with Crippen molar-refractivity contribution in [1.82, 2.24) is 4.98 Å². The highest BCUT2D eigenvalue weighted by atomic mass is 32.1. The number of anilines is 1. The molecule has 1 atom stereocenters. The third kappa shape index (κ3) is 2.64. The summed E-state index contributed by atoms with van der Waals surface area (Å²) >= 11 is 1.51. The lowest BCUT2D eigenvalue weighted by atomic mass is 10.1. The highest BCUT2D eigenvalue weighted by Crippen LogP contribution is 2.26. The lowest BCUT2D eigenvalue weighted by molar-refractivity contribution is 0.186. The number of aliphatic hydroxyl groups is 1. The van der Waals surface area contributed by atoms with Gasteiger partial charge in [0, 0.05) is 12.1 Å². The molecule has 0 aliphatic rings. The molecule has 1 heterocycles. The largest absolute Gasteiger partial charge is 0.386 e. The van der Waals surface area contributed by atoms with E-state index >= 15 is 0 Å². The van der Waals surface area contributed by atoms with Crippen LogP contribution in [0.2, 0.25) is 0 Å². The second-order valence-electron chi connectivity index (χ2n) is 4.40. The molecule has 1 aromatic heterocycles. The van der Waals surface area contributed by atoms with Crippen molar-refractivity contribution >= 4 is 26.7 Å². The average Bonchev–Trinajstić information content (AvgIpc) is 2.88. The van der Waals surface area contributed by atoms with Gasteiger partial charge >= 0.3 is 0 Å². The Labute approximate surface area is 119 Å². The summed E-state index contributed by atoms with van der Waals surface area (Å²) in [7, 11) is 0. The first-order chi connectivity index (χ1) is 9.74. The second-order valence-corrected chi connectivity index (χ2v) is 5.44. The molecule has 0 spiro atoms. The Morgan fingerprint density at radius 3 is 2.70 bits per heavy atom. The smallest absolute Gasteiger partial charge is 0.183 e. The van der Waals surface area contributed by atoms with Gasteiger partial charge in [0.1, 0.15) is 5.82 Å². The minimum atomic E-state index is -0.900. The molecule has 0 aliphatic heterocycles. The molecule has 0 bridgehead atoms. The highest BCUT2D eigenvalue weighted by Gasteiger charge is 2.12. The van der Waals surface area contributed by atoms with Gasteiger partial charge in [-0.25, -0.2) is 9.37 Å². The quantitative estimate of drug-likeness (QED) is 0.771. The van der Waals surface area contributed by atoms with Crippen LogP contribution in [-0.4, -0.2) is 16.6 Å². The first kappa shape index (κ1) is 13.0. The van der Waals surface area contributed by atoms with E-state index in [0.717, 1.165) is 15.3 Å². The Balaban J connectivity index is 1.71. The molecule has 5 heteroatoms. The van der Waals surface area contributed by atoms with Crippen molar-refractivity contribution in [1.29, 1.82) is 0 Å². The number of nitrogens with one attached hydrogen (secondary N) is 1. The van der Waals surface area contributed by atoms with E-state index < -0.39 is 11.9 Å². The fourth-order valence-electron chi connectivity index (χ4n) is 1.99. The van der Waals surface area contributed by atoms with Crippen LogP contribution >= 0.6 is 11.3 Å². The molecule has 2 N–H and O–H groups in total. The van der Waals surface area contributed by atoms with E-state index in [1.54, 1.807) is 18.2 Å². The summed E-state index contributed by atoms with van der Waals surface area (Å²) < 4.78 is 14.6. The molecule has 0 amide bonds. The van der Waals surface area contributed by atoms with Gasteiger partial charge in [-0.15, -0.1) is 0 Å². The van der Waals surface area contributed by atoms with Crippen LogP contribution in [0.25, 0.3) is 10.2 Å². The number of aliphatic hydroxyl groups excluding tert-OH is 1. The van der Waals surface area contributed by atoms with Gasteiger partial charge in [0.05, 0.1) is 16.3 Å². The van der Waals surface area contributed by atoms with Crippen LogP contribution in [0.3, 0.4) is 0 Å². The number of nitrogens with zero attached hydrogens (tertiary/aromatic N) is 1. The van der Waals surface area contributed by atoms with E-state index in [1.165, 1.54) is 17.4 Å². The normalized spacial score (nSPS) is 12.5. The monoisotopic (exact) mass is 288 g/mol. The molecular weight excluding hydrogens is 275 g/mol. The number of aromatic nitrogens is 1. The Morgan fingerprint density at radius 1 is 1.15 bits per heavy atom. The molecule has 102 valence electrons. The van der Waals surface area contributed by atoms with Crippen molar-refractivity contribution in [2.75, 3.05) is 11.9 Å². The van der Waals surface area contributed by atoms with Crippen LogP contribution in [0.5, 0.6) is 0 Å². The number of halogens is 1. The number of fused-ring (bicyclic) bond motifs is 1. The Kier molecular flexibility index (Phi) is 3.62. The molecule has 3 nitrogen and oxygen atoms in total. The van der Waals surface area contributed by atoms with E-state index in [2.05, 4.69) is 10.3 Å². The molecule has 1 unspecified atom stereocenters. The van der Waals surface area contributed by atoms with Crippen molar-refractivity contribution in [2.45, 2.75) is 6.10 Å². The summed E-state index contributed by atoms with van der Waals surface area (Å²) in [5.41, 5.74) is 1.21. The number of benzene rings is 2. The summed E-state index contributed by atoms with van der Waals surface area (Å²) in [5.74, 6) is -0.397. The topological polar surface area (TPSA) is 45.1 Å². The number of para-hydroxylation sites is 1. The van der Waals surface area contributed by atoms with Gasteiger partial charge in [0.25, 0.3) is 0 Å². The van der Waals surface area contributed by atoms with Crippen LogP contribution in [-0.2, 0) is 0 Å². The van der Waals surface area contributed by atoms with Crippen molar-refractivity contribution in [3.05, 3.63) is 59.9 Å². The zero-order valence-corrected chi connectivity index (χ0v) is 11.4. The molecule has 0 radical (unpaired) electrons. The van der Waals surface area contributed by atoms with Gasteiger partial charge in [0.15, 0.2) is 5.13 Å². The maximum absolute atomic E-state index is 13.5. The van der Waals surface area contributed by atoms with Crippen LogP contribution in [0.1, 0.15) is 11.7 Å². The molecule has 20 heavy (non-hydrogen) atoms. The maximum Gasteiger partial charge on any atom is 0.183 e. The van der Waals surface area contributed by atoms with E-state index in [0.29, 0.717) is 5.56 Å². The fraction of sp³-hybridized carbons (Fsp3) is 0.133. The number of hydrogen-bond acceptors (Lipinski definition) is 4. The first-order valence-corrected chi connectivity index (χ1v) is 7.07.